The van der Waals surface area contributed by atoms with Crippen molar-refractivity contribution < 1.29 is 133 Å². The topological polar surface area (TPSA) is 377 Å². The maximum atomic E-state index is 13.5. The van der Waals surface area contributed by atoms with Crippen LogP contribution in [0.4, 0.5) is 0 Å². The molecule has 3 aliphatic heterocycles. The molecule has 2 unspecified atom stereocenters. The minimum absolute atomic E-state index is 0.00379. The highest BCUT2D eigenvalue weighted by Crippen LogP contribution is 2.39. The first-order chi connectivity index (χ1) is 58.5. The molecular formula is C92H125NO28SSi2. The molecule has 0 aromatic heterocycles. The van der Waals surface area contributed by atoms with Gasteiger partial charge in [0.05, 0.1) is 88.0 Å². The monoisotopic (exact) mass is 1780 g/mol. The number of esters is 4. The van der Waals surface area contributed by atoms with Gasteiger partial charge in [-0.25, -0.2) is 19.2 Å². The molecule has 0 saturated carbocycles. The number of hydrogen-bond donors (Lipinski definition) is 5. The molecule has 2 saturated heterocycles. The van der Waals surface area contributed by atoms with E-state index in [0.717, 1.165) is 18.3 Å². The summed E-state index contributed by atoms with van der Waals surface area (Å²) in [5.41, 5.74) is 2.76. The second-order valence-corrected chi connectivity index (χ2v) is 46.0. The quantitative estimate of drug-likeness (QED) is 0.00615. The number of ether oxygens (including phenoxy) is 15. The number of phenols is 1. The number of methoxy groups -OCH3 is 5. The van der Waals surface area contributed by atoms with Crippen molar-refractivity contribution in [2.24, 2.45) is 0 Å². The lowest BCUT2D eigenvalue weighted by atomic mass is 10.0. The largest absolute Gasteiger partial charge is 0.507 e. The maximum Gasteiger partial charge on any atom is 0.342 e. The zero-order chi connectivity index (χ0) is 91.7. The number of fused-ring (bicyclic) bond motifs is 1. The molecule has 32 heteroatoms. The Hall–Kier alpha value is -9.66. The summed E-state index contributed by atoms with van der Waals surface area (Å²) in [6.45, 7) is 25.9. The van der Waals surface area contributed by atoms with Gasteiger partial charge in [0.2, 0.25) is 0 Å². The SMILES string of the molecule is COCOc1cc(OC)cc(/C=C/C[C@@H]2OC(C)(C)O[C@@H]2C(/C=C\C[C@@H](C)O)OC(=O)c2ccccc2)c1C(=O)OCC[Si](C)(C)C.COCOc1cc(OC)cc(/C=C/C[C@@H]2OC(C)(C)O[C@@H]2C(/C=C\C[C@@H](C)OS(C)(=O)=O)OC(=O)c2ccccc2)c1C(=O)OCC[Si](C)(C)C.COc1cc(O)c2c(c1)/C=C/C[C@H](O)[C@H](O)C(=O)/C=C\C[C@H](C)NC2=O. The third-order valence-electron chi connectivity index (χ3n) is 18.9. The standard InChI is InChI=1S/C37H52O12SSi.C36H50O10Si.C19H23NO6/c1-26(49-50(6,40)41)15-13-19-30(46-35(38)27-16-11-10-12-17-27)34-31(47-37(2,3)48-34)20-14-18-28-23-29(43-5)24-32(45-25-42-4)33(28)36(39)44-21-22-51(7,8)9;1-25(37)14-12-18-29(44-34(38)26-15-10-9-11-16-26)33-30(45-36(2,3)46-33)19-13-17-27-22-28(41-5)23-31(43-24-40-4)32(27)35(39)42-20-21-47(6,7)8;1-11-5-3-7-14(21)18(24)15(22)8-4-6-12-9-13(26-2)10-16(23)17(12)19(25)20-11/h10-14,16-19,23-24,26,30-31,34H,15,20-22,25H2,1-9H3;9-13,15-18,22-23,25,29-30,33,37H,14,19-21,24H2,1-8H3;3-4,6-7,9-11,15,18,22-24H,5,8H2,1-2H3,(H,20,25)/b18-14+,19-13-;17-13+,18-12-;6-4+,7-3-/t26-,30?,31+,34-;25-,29?,30+,33-;11-,15-,18+/m110/s1. The van der Waals surface area contributed by atoms with Crippen LogP contribution in [0.2, 0.25) is 51.4 Å². The smallest absolute Gasteiger partial charge is 0.342 e. The van der Waals surface area contributed by atoms with Crippen LogP contribution in [0.15, 0.2) is 152 Å². The van der Waals surface area contributed by atoms with E-state index >= 15 is 0 Å². The number of hydrogen-bond acceptors (Lipinski definition) is 28. The highest BCUT2D eigenvalue weighted by molar-refractivity contribution is 7.86. The Labute approximate surface area is 730 Å². The van der Waals surface area contributed by atoms with Crippen LogP contribution in [0, 0.1) is 0 Å². The van der Waals surface area contributed by atoms with Crippen LogP contribution in [0.25, 0.3) is 18.2 Å². The van der Waals surface area contributed by atoms with E-state index in [2.05, 4.69) is 44.6 Å². The molecule has 0 spiro atoms. The fourth-order valence-electron chi connectivity index (χ4n) is 12.7. The molecular weight excluding hydrogens is 1660 g/mol. The van der Waals surface area contributed by atoms with Gasteiger partial charge in [-0.3, -0.25) is 13.8 Å². The Morgan fingerprint density at radius 1 is 0.589 bits per heavy atom. The second-order valence-electron chi connectivity index (χ2n) is 33.2. The summed E-state index contributed by atoms with van der Waals surface area (Å²) in [6.07, 6.45) is 14.2. The van der Waals surface area contributed by atoms with Gasteiger partial charge in [-0.05, 0) is 176 Å². The van der Waals surface area contributed by atoms with Crippen molar-refractivity contribution in [3.8, 4) is 34.5 Å². The molecule has 124 heavy (non-hydrogen) atoms. The molecule has 29 nitrogen and oxygen atoms in total. The molecule has 5 N–H and O–H groups in total. The molecule has 0 aliphatic carbocycles. The number of carbonyl (C=O) groups excluding carboxylic acids is 6. The van der Waals surface area contributed by atoms with Crippen LogP contribution in [0.3, 0.4) is 0 Å². The van der Waals surface area contributed by atoms with E-state index in [0.29, 0.717) is 77.4 Å². The molecule has 2 fully saturated rings. The molecule has 5 aromatic carbocycles. The van der Waals surface area contributed by atoms with Crippen LogP contribution >= 0.6 is 0 Å². The lowest BCUT2D eigenvalue weighted by Crippen LogP contribution is -2.37. The number of phenolic OH excluding ortho intramolecular Hbond substituents is 1. The zero-order valence-electron chi connectivity index (χ0n) is 74.5. The number of carbonyl (C=O) groups is 6. The van der Waals surface area contributed by atoms with E-state index in [1.165, 1.54) is 65.9 Å². The van der Waals surface area contributed by atoms with Crippen LogP contribution in [0.5, 0.6) is 34.5 Å². The number of amides is 1. The Kier molecular flexibility index (Phi) is 41.0. The first kappa shape index (κ1) is 103. The fraction of sp³-hybridized carbons (Fsp3) is 0.478. The first-order valence-electron chi connectivity index (χ1n) is 40.9. The summed E-state index contributed by atoms with van der Waals surface area (Å²) in [7, 11) is 0.926. The highest BCUT2D eigenvalue weighted by Gasteiger charge is 2.47. The minimum atomic E-state index is -3.65. The lowest BCUT2D eigenvalue weighted by molar-refractivity contribution is -0.153. The Balaban J connectivity index is 0.000000302. The summed E-state index contributed by atoms with van der Waals surface area (Å²) in [6, 6.07) is 28.2. The summed E-state index contributed by atoms with van der Waals surface area (Å²) in [5, 5.41) is 42.6. The highest BCUT2D eigenvalue weighted by atomic mass is 32.2. The third-order valence-corrected chi connectivity index (χ3v) is 22.9. The van der Waals surface area contributed by atoms with Gasteiger partial charge in [0.25, 0.3) is 16.0 Å². The van der Waals surface area contributed by atoms with Gasteiger partial charge in [0.15, 0.2) is 30.9 Å². The number of aliphatic hydroxyl groups is 3. The van der Waals surface area contributed by atoms with Crippen molar-refractivity contribution in [2.45, 2.75) is 217 Å². The molecule has 0 bridgehead atoms. The third kappa shape index (κ3) is 35.0. The van der Waals surface area contributed by atoms with E-state index in [4.69, 9.17) is 75.2 Å². The van der Waals surface area contributed by atoms with Crippen molar-refractivity contribution in [3.05, 3.63) is 196 Å². The molecule has 0 radical (unpaired) electrons. The average molecular weight is 1780 g/mol. The van der Waals surface area contributed by atoms with E-state index in [9.17, 15) is 57.6 Å². The molecule has 11 atom stereocenters. The van der Waals surface area contributed by atoms with Gasteiger partial charge < -0.3 is 96.8 Å². The minimum Gasteiger partial charge on any atom is -0.507 e. The van der Waals surface area contributed by atoms with Crippen molar-refractivity contribution >= 4 is 80.1 Å². The number of aromatic hydroxyl groups is 1. The van der Waals surface area contributed by atoms with Gasteiger partial charge in [0.1, 0.15) is 76.1 Å². The van der Waals surface area contributed by atoms with Gasteiger partial charge in [-0.15, -0.1) is 0 Å². The van der Waals surface area contributed by atoms with E-state index in [1.807, 2.05) is 18.2 Å². The fourth-order valence-corrected chi connectivity index (χ4v) is 14.8. The summed E-state index contributed by atoms with van der Waals surface area (Å²) in [4.78, 5) is 77.6. The van der Waals surface area contributed by atoms with Gasteiger partial charge in [-0.2, -0.15) is 8.42 Å². The van der Waals surface area contributed by atoms with Crippen LogP contribution in [-0.4, -0.2) is 228 Å². The van der Waals surface area contributed by atoms with Gasteiger partial charge in [-0.1, -0.05) is 130 Å². The predicted octanol–water partition coefficient (Wildman–Crippen LogP) is 14.5. The average Bonchev–Trinajstić information content (AvgIpc) is 1.68. The summed E-state index contributed by atoms with van der Waals surface area (Å²) < 4.78 is 115. The van der Waals surface area contributed by atoms with Crippen molar-refractivity contribution in [3.63, 3.8) is 0 Å². The van der Waals surface area contributed by atoms with Crippen LogP contribution in [0.1, 0.15) is 155 Å². The molecule has 680 valence electrons. The van der Waals surface area contributed by atoms with Gasteiger partial charge in [0, 0.05) is 54.6 Å². The van der Waals surface area contributed by atoms with Crippen molar-refractivity contribution in [2.75, 3.05) is 68.6 Å². The maximum absolute atomic E-state index is 13.5. The summed E-state index contributed by atoms with van der Waals surface area (Å²) >= 11 is 0. The van der Waals surface area contributed by atoms with E-state index < -0.39 is 134 Å². The predicted molar refractivity (Wildman–Crippen MR) is 475 cm³/mol. The first-order valence-corrected chi connectivity index (χ1v) is 50.1. The Morgan fingerprint density at radius 3 is 1.44 bits per heavy atom. The number of ketones is 1. The van der Waals surface area contributed by atoms with Gasteiger partial charge >= 0.3 is 23.9 Å². The zero-order valence-corrected chi connectivity index (χ0v) is 77.3. The molecule has 5 aromatic rings. The summed E-state index contributed by atoms with van der Waals surface area (Å²) in [5.74, 6) is -3.53. The Bertz CT molecular complexity index is 4610. The van der Waals surface area contributed by atoms with Crippen molar-refractivity contribution in [1.82, 2.24) is 5.32 Å². The molecule has 8 rings (SSSR count). The lowest BCUT2D eigenvalue weighted by Gasteiger charge is -2.24. The number of benzene rings is 5. The van der Waals surface area contributed by atoms with E-state index in [1.54, 1.807) is 170 Å². The number of rotatable bonds is 37. The second kappa shape index (κ2) is 49.3. The number of aliphatic hydroxyl groups excluding tert-OH is 3. The van der Waals surface area contributed by atoms with Crippen LogP contribution in [-0.2, 0) is 66.5 Å². The number of nitrogens with one attached hydrogen (secondary N) is 1. The van der Waals surface area contributed by atoms with Crippen molar-refractivity contribution in [1.29, 1.82) is 0 Å². The molecule has 1 amide bonds. The normalized spacial score (nSPS) is 20.6. The van der Waals surface area contributed by atoms with Crippen LogP contribution < -0.4 is 29.0 Å². The molecule has 3 aliphatic rings. The molecule has 3 heterocycles. The van der Waals surface area contributed by atoms with E-state index in [-0.39, 0.29) is 73.0 Å². The Morgan fingerprint density at radius 2 is 1.02 bits per heavy atom.